The van der Waals surface area contributed by atoms with Crippen molar-refractivity contribution in [1.82, 2.24) is 10.6 Å². The van der Waals surface area contributed by atoms with Crippen molar-refractivity contribution in [3.63, 3.8) is 0 Å². The molecule has 3 amide bonds. The molecule has 0 aliphatic rings. The zero-order valence-electron chi connectivity index (χ0n) is 10.5. The van der Waals surface area contributed by atoms with Gasteiger partial charge in [-0.2, -0.15) is 0 Å². The molecule has 1 atom stereocenters. The zero-order valence-corrected chi connectivity index (χ0v) is 11.3. The second kappa shape index (κ2) is 7.52. The fraction of sp³-hybridized carbons (Fsp3) is 0.417. The number of thiophene rings is 1. The highest BCUT2D eigenvalue weighted by atomic mass is 32.1. The minimum atomic E-state index is -0.955. The van der Waals surface area contributed by atoms with Crippen molar-refractivity contribution in [2.45, 2.75) is 32.2 Å². The largest absolute Gasteiger partial charge is 0.481 e. The molecule has 1 rings (SSSR count). The molecule has 1 unspecified atom stereocenters. The van der Waals surface area contributed by atoms with E-state index in [0.717, 1.165) is 4.88 Å². The fourth-order valence-corrected chi connectivity index (χ4v) is 2.17. The molecule has 0 radical (unpaired) electrons. The van der Waals surface area contributed by atoms with Crippen LogP contribution in [0.15, 0.2) is 17.5 Å². The standard InChI is InChI=1S/C12H16N2O4S/c1-8(9-4-3-7-19-9)13-12(18)14-10(15)5-2-6-11(16)17/h3-4,7-8H,2,5-6H2,1H3,(H,16,17)(H2,13,14,15,18). The Morgan fingerprint density at radius 3 is 2.68 bits per heavy atom. The van der Waals surface area contributed by atoms with E-state index in [4.69, 9.17) is 5.11 Å². The van der Waals surface area contributed by atoms with Crippen molar-refractivity contribution < 1.29 is 19.5 Å². The minimum Gasteiger partial charge on any atom is -0.481 e. The van der Waals surface area contributed by atoms with Gasteiger partial charge in [0.2, 0.25) is 5.91 Å². The highest BCUT2D eigenvalue weighted by molar-refractivity contribution is 7.10. The Bertz CT molecular complexity index is 445. The second-order valence-electron chi connectivity index (χ2n) is 4.01. The molecule has 0 spiro atoms. The highest BCUT2D eigenvalue weighted by Crippen LogP contribution is 2.17. The first-order chi connectivity index (χ1) is 8.99. The van der Waals surface area contributed by atoms with Crippen LogP contribution in [0.25, 0.3) is 0 Å². The molecule has 1 aromatic rings. The Labute approximate surface area is 114 Å². The maximum atomic E-state index is 11.5. The second-order valence-corrected chi connectivity index (χ2v) is 4.99. The van der Waals surface area contributed by atoms with Crippen LogP contribution in [0, 0.1) is 0 Å². The third-order valence-electron chi connectivity index (χ3n) is 2.36. The van der Waals surface area contributed by atoms with Crippen LogP contribution in [0.5, 0.6) is 0 Å². The summed E-state index contributed by atoms with van der Waals surface area (Å²) >= 11 is 1.52. The summed E-state index contributed by atoms with van der Waals surface area (Å²) in [5.41, 5.74) is 0. The van der Waals surface area contributed by atoms with Gasteiger partial charge in [-0.05, 0) is 24.8 Å². The number of carboxylic acids is 1. The van der Waals surface area contributed by atoms with Gasteiger partial charge in [-0.25, -0.2) is 4.79 Å². The Morgan fingerprint density at radius 1 is 1.37 bits per heavy atom. The summed E-state index contributed by atoms with van der Waals surface area (Å²) in [7, 11) is 0. The van der Waals surface area contributed by atoms with Crippen molar-refractivity contribution in [3.05, 3.63) is 22.4 Å². The van der Waals surface area contributed by atoms with Gasteiger partial charge in [-0.15, -0.1) is 11.3 Å². The molecule has 19 heavy (non-hydrogen) atoms. The highest BCUT2D eigenvalue weighted by Gasteiger charge is 2.12. The van der Waals surface area contributed by atoms with Gasteiger partial charge in [0.15, 0.2) is 0 Å². The predicted octanol–water partition coefficient (Wildman–Crippen LogP) is 1.89. The summed E-state index contributed by atoms with van der Waals surface area (Å²) < 4.78 is 0. The topological polar surface area (TPSA) is 95.5 Å². The lowest BCUT2D eigenvalue weighted by Gasteiger charge is -2.12. The van der Waals surface area contributed by atoms with Gasteiger partial charge in [0.25, 0.3) is 0 Å². The molecule has 3 N–H and O–H groups in total. The molecule has 1 heterocycles. The molecule has 0 aromatic carbocycles. The molecule has 1 aromatic heterocycles. The number of hydrogen-bond donors (Lipinski definition) is 3. The third-order valence-corrected chi connectivity index (χ3v) is 3.42. The average molecular weight is 284 g/mol. The van der Waals surface area contributed by atoms with E-state index in [0.29, 0.717) is 0 Å². The van der Waals surface area contributed by atoms with Crippen LogP contribution in [0.4, 0.5) is 4.79 Å². The van der Waals surface area contributed by atoms with Gasteiger partial charge in [0.05, 0.1) is 6.04 Å². The molecule has 0 saturated carbocycles. The maximum Gasteiger partial charge on any atom is 0.321 e. The molecular formula is C12H16N2O4S. The van der Waals surface area contributed by atoms with Gasteiger partial charge in [0.1, 0.15) is 0 Å². The number of carboxylic acid groups (broad SMARTS) is 1. The lowest BCUT2D eigenvalue weighted by atomic mass is 10.2. The first-order valence-corrected chi connectivity index (χ1v) is 6.72. The summed E-state index contributed by atoms with van der Waals surface area (Å²) in [5, 5.41) is 15.1. The van der Waals surface area contributed by atoms with E-state index in [-0.39, 0.29) is 25.3 Å². The molecule has 0 aliphatic carbocycles. The van der Waals surface area contributed by atoms with Crippen molar-refractivity contribution in [3.8, 4) is 0 Å². The number of hydrogen-bond acceptors (Lipinski definition) is 4. The monoisotopic (exact) mass is 284 g/mol. The Balaban J connectivity index is 2.27. The number of aliphatic carboxylic acids is 1. The molecule has 0 bridgehead atoms. The first-order valence-electron chi connectivity index (χ1n) is 5.84. The van der Waals surface area contributed by atoms with Crippen molar-refractivity contribution >= 4 is 29.2 Å². The van der Waals surface area contributed by atoms with Crippen LogP contribution in [0.1, 0.15) is 37.1 Å². The number of carbonyl (C=O) groups excluding carboxylic acids is 2. The molecule has 0 saturated heterocycles. The third kappa shape index (κ3) is 6.01. The summed E-state index contributed by atoms with van der Waals surface area (Å²) in [4.78, 5) is 34.1. The van der Waals surface area contributed by atoms with Gasteiger partial charge >= 0.3 is 12.0 Å². The van der Waals surface area contributed by atoms with Crippen LogP contribution in [-0.2, 0) is 9.59 Å². The molecule has 7 heteroatoms. The van der Waals surface area contributed by atoms with Gasteiger partial charge < -0.3 is 10.4 Å². The van der Waals surface area contributed by atoms with Crippen molar-refractivity contribution in [1.29, 1.82) is 0 Å². The number of nitrogens with one attached hydrogen (secondary N) is 2. The molecular weight excluding hydrogens is 268 g/mol. The lowest BCUT2D eigenvalue weighted by Crippen LogP contribution is -2.40. The van der Waals surface area contributed by atoms with Crippen LogP contribution < -0.4 is 10.6 Å². The zero-order chi connectivity index (χ0) is 14.3. The van der Waals surface area contributed by atoms with Crippen LogP contribution in [0.3, 0.4) is 0 Å². The van der Waals surface area contributed by atoms with Gasteiger partial charge in [-0.3, -0.25) is 14.9 Å². The number of carbonyl (C=O) groups is 3. The Hall–Kier alpha value is -1.89. The average Bonchev–Trinajstić information content (AvgIpc) is 2.81. The predicted molar refractivity (Wildman–Crippen MR) is 70.9 cm³/mol. The number of rotatable bonds is 6. The minimum absolute atomic E-state index is 0.0209. The fourth-order valence-electron chi connectivity index (χ4n) is 1.43. The normalized spacial score (nSPS) is 11.6. The smallest absolute Gasteiger partial charge is 0.321 e. The van der Waals surface area contributed by atoms with Crippen molar-refractivity contribution in [2.75, 3.05) is 0 Å². The maximum absolute atomic E-state index is 11.5. The van der Waals surface area contributed by atoms with E-state index in [1.807, 2.05) is 24.4 Å². The quantitative estimate of drug-likeness (QED) is 0.743. The molecule has 0 aliphatic heterocycles. The van der Waals surface area contributed by atoms with Gasteiger partial charge in [0, 0.05) is 17.7 Å². The van der Waals surface area contributed by atoms with Crippen LogP contribution in [0.2, 0.25) is 0 Å². The van der Waals surface area contributed by atoms with Crippen molar-refractivity contribution in [2.24, 2.45) is 0 Å². The van der Waals surface area contributed by atoms with E-state index in [1.165, 1.54) is 11.3 Å². The SMILES string of the molecule is CC(NC(=O)NC(=O)CCCC(=O)O)c1cccs1. The van der Waals surface area contributed by atoms with Crippen LogP contribution in [-0.4, -0.2) is 23.0 Å². The van der Waals surface area contributed by atoms with E-state index in [9.17, 15) is 14.4 Å². The number of amides is 3. The van der Waals surface area contributed by atoms with Crippen LogP contribution >= 0.6 is 11.3 Å². The molecule has 6 nitrogen and oxygen atoms in total. The summed E-state index contributed by atoms with van der Waals surface area (Å²) in [6, 6.07) is 3.03. The number of urea groups is 1. The van der Waals surface area contributed by atoms with E-state index >= 15 is 0 Å². The Morgan fingerprint density at radius 2 is 2.11 bits per heavy atom. The molecule has 104 valence electrons. The summed E-state index contributed by atoms with van der Waals surface area (Å²) in [5.74, 6) is -1.43. The number of imide groups is 1. The van der Waals surface area contributed by atoms with Gasteiger partial charge in [-0.1, -0.05) is 6.07 Å². The van der Waals surface area contributed by atoms with E-state index in [2.05, 4.69) is 10.6 Å². The first kappa shape index (κ1) is 15.2. The molecule has 0 fully saturated rings. The van der Waals surface area contributed by atoms with E-state index in [1.54, 1.807) is 0 Å². The van der Waals surface area contributed by atoms with E-state index < -0.39 is 17.9 Å². The Kier molecular flexibility index (Phi) is 6.01. The summed E-state index contributed by atoms with van der Waals surface area (Å²) in [6.07, 6.45) is 0.155. The summed E-state index contributed by atoms with van der Waals surface area (Å²) in [6.45, 7) is 1.82. The lowest BCUT2D eigenvalue weighted by molar-refractivity contribution is -0.137.